The molecule has 3 aromatic rings. The second-order valence-electron chi connectivity index (χ2n) is 5.66. The SMILES string of the molecule is Cc1ccc(-c2ccc(C(N)=O)cn2)c(-n2nc(C)cc2C)c1. The molecule has 0 unspecified atom stereocenters. The molecule has 0 bridgehead atoms. The van der Waals surface area contributed by atoms with Crippen LogP contribution < -0.4 is 5.73 Å². The minimum absolute atomic E-state index is 0.397. The van der Waals surface area contributed by atoms with Crippen molar-refractivity contribution in [1.29, 1.82) is 0 Å². The van der Waals surface area contributed by atoms with E-state index in [-0.39, 0.29) is 0 Å². The number of hydrogen-bond acceptors (Lipinski definition) is 3. The smallest absolute Gasteiger partial charge is 0.250 e. The fourth-order valence-corrected chi connectivity index (χ4v) is 2.61. The lowest BCUT2D eigenvalue weighted by Gasteiger charge is -2.12. The number of rotatable bonds is 3. The van der Waals surface area contributed by atoms with E-state index in [9.17, 15) is 4.79 Å². The molecule has 5 nitrogen and oxygen atoms in total. The minimum Gasteiger partial charge on any atom is -0.366 e. The highest BCUT2D eigenvalue weighted by Crippen LogP contribution is 2.27. The summed E-state index contributed by atoms with van der Waals surface area (Å²) < 4.78 is 1.92. The molecule has 0 radical (unpaired) electrons. The van der Waals surface area contributed by atoms with Crippen LogP contribution in [-0.2, 0) is 0 Å². The van der Waals surface area contributed by atoms with Crippen LogP contribution in [0.25, 0.3) is 16.9 Å². The van der Waals surface area contributed by atoms with Crippen LogP contribution in [0.5, 0.6) is 0 Å². The molecule has 3 rings (SSSR count). The number of nitrogens with zero attached hydrogens (tertiary/aromatic N) is 3. The Morgan fingerprint density at radius 1 is 1.09 bits per heavy atom. The standard InChI is InChI=1S/C18H18N4O/c1-11-4-6-15(16-7-5-14(10-20-16)18(19)23)17(8-11)22-13(3)9-12(2)21-22/h4-10H,1-3H3,(H2,19,23). The number of hydrogen-bond donors (Lipinski definition) is 1. The van der Waals surface area contributed by atoms with Crippen molar-refractivity contribution < 1.29 is 4.79 Å². The molecular formula is C18H18N4O. The van der Waals surface area contributed by atoms with Gasteiger partial charge in [-0.1, -0.05) is 12.1 Å². The molecule has 0 saturated carbocycles. The van der Waals surface area contributed by atoms with Crippen LogP contribution in [-0.4, -0.2) is 20.7 Å². The molecular weight excluding hydrogens is 288 g/mol. The Bertz CT molecular complexity index is 879. The van der Waals surface area contributed by atoms with Crippen molar-refractivity contribution >= 4 is 5.91 Å². The average molecular weight is 306 g/mol. The molecule has 5 heteroatoms. The molecule has 0 aliphatic heterocycles. The van der Waals surface area contributed by atoms with Gasteiger partial charge in [0.25, 0.3) is 0 Å². The first kappa shape index (κ1) is 15.0. The van der Waals surface area contributed by atoms with E-state index in [1.54, 1.807) is 12.1 Å². The molecule has 0 spiro atoms. The van der Waals surface area contributed by atoms with Crippen LogP contribution in [0, 0.1) is 20.8 Å². The van der Waals surface area contributed by atoms with E-state index in [1.165, 1.54) is 6.20 Å². The number of aryl methyl sites for hydroxylation is 3. The number of aromatic nitrogens is 3. The third-order valence-electron chi connectivity index (χ3n) is 3.71. The van der Waals surface area contributed by atoms with Gasteiger partial charge in [0.2, 0.25) is 5.91 Å². The lowest BCUT2D eigenvalue weighted by molar-refractivity contribution is 0.1000. The number of carbonyl (C=O) groups is 1. The summed E-state index contributed by atoms with van der Waals surface area (Å²) in [5, 5.41) is 4.57. The second-order valence-corrected chi connectivity index (χ2v) is 5.66. The molecule has 0 saturated heterocycles. The average Bonchev–Trinajstić information content (AvgIpc) is 2.86. The largest absolute Gasteiger partial charge is 0.366 e. The first-order valence-electron chi connectivity index (χ1n) is 7.36. The Morgan fingerprint density at radius 2 is 1.87 bits per heavy atom. The van der Waals surface area contributed by atoms with Gasteiger partial charge in [0, 0.05) is 17.5 Å². The maximum Gasteiger partial charge on any atom is 0.250 e. The number of benzene rings is 1. The maximum absolute atomic E-state index is 11.2. The van der Waals surface area contributed by atoms with E-state index in [2.05, 4.69) is 16.1 Å². The first-order valence-corrected chi connectivity index (χ1v) is 7.36. The van der Waals surface area contributed by atoms with Crippen LogP contribution in [0.2, 0.25) is 0 Å². The minimum atomic E-state index is -0.480. The molecule has 23 heavy (non-hydrogen) atoms. The molecule has 2 aromatic heterocycles. The van der Waals surface area contributed by atoms with Crippen molar-refractivity contribution in [3.8, 4) is 16.9 Å². The van der Waals surface area contributed by atoms with Crippen molar-refractivity contribution in [1.82, 2.24) is 14.8 Å². The Hall–Kier alpha value is -2.95. The topological polar surface area (TPSA) is 73.8 Å². The van der Waals surface area contributed by atoms with Crippen molar-refractivity contribution in [2.75, 3.05) is 0 Å². The molecule has 116 valence electrons. The van der Waals surface area contributed by atoms with E-state index in [0.717, 1.165) is 33.9 Å². The fourth-order valence-electron chi connectivity index (χ4n) is 2.61. The van der Waals surface area contributed by atoms with Gasteiger partial charge in [-0.25, -0.2) is 4.68 Å². The van der Waals surface area contributed by atoms with Gasteiger partial charge in [-0.3, -0.25) is 9.78 Å². The van der Waals surface area contributed by atoms with Gasteiger partial charge in [0.15, 0.2) is 0 Å². The van der Waals surface area contributed by atoms with E-state index >= 15 is 0 Å². The Labute approximate surface area is 134 Å². The number of nitrogens with two attached hydrogens (primary N) is 1. The lowest BCUT2D eigenvalue weighted by atomic mass is 10.1. The Morgan fingerprint density at radius 3 is 2.43 bits per heavy atom. The van der Waals surface area contributed by atoms with Gasteiger partial charge in [0.1, 0.15) is 0 Å². The van der Waals surface area contributed by atoms with Gasteiger partial charge in [-0.2, -0.15) is 5.10 Å². The zero-order valence-electron chi connectivity index (χ0n) is 13.4. The lowest BCUT2D eigenvalue weighted by Crippen LogP contribution is -2.11. The third-order valence-corrected chi connectivity index (χ3v) is 3.71. The molecule has 0 atom stereocenters. The van der Waals surface area contributed by atoms with Crippen molar-refractivity contribution in [3.05, 3.63) is 65.1 Å². The predicted octanol–water partition coefficient (Wildman–Crippen LogP) is 2.96. The van der Waals surface area contributed by atoms with Gasteiger partial charge < -0.3 is 5.73 Å². The van der Waals surface area contributed by atoms with E-state index in [4.69, 9.17) is 5.73 Å². The second kappa shape index (κ2) is 5.68. The van der Waals surface area contributed by atoms with Gasteiger partial charge >= 0.3 is 0 Å². The first-order chi connectivity index (χ1) is 11.0. The van der Waals surface area contributed by atoms with E-state index in [1.807, 2.05) is 43.7 Å². The normalized spacial score (nSPS) is 10.7. The summed E-state index contributed by atoms with van der Waals surface area (Å²) in [6.07, 6.45) is 1.50. The zero-order valence-corrected chi connectivity index (χ0v) is 13.4. The molecule has 1 aromatic carbocycles. The van der Waals surface area contributed by atoms with Crippen LogP contribution in [0.4, 0.5) is 0 Å². The van der Waals surface area contributed by atoms with Crippen molar-refractivity contribution in [2.24, 2.45) is 5.73 Å². The van der Waals surface area contributed by atoms with Crippen LogP contribution >= 0.6 is 0 Å². The summed E-state index contributed by atoms with van der Waals surface area (Å²) in [5.74, 6) is -0.480. The quantitative estimate of drug-likeness (QED) is 0.808. The van der Waals surface area contributed by atoms with Gasteiger partial charge in [0.05, 0.1) is 22.6 Å². The van der Waals surface area contributed by atoms with E-state index < -0.39 is 5.91 Å². The summed E-state index contributed by atoms with van der Waals surface area (Å²) in [4.78, 5) is 15.6. The number of pyridine rings is 1. The van der Waals surface area contributed by atoms with Crippen LogP contribution in [0.15, 0.2) is 42.6 Å². The van der Waals surface area contributed by atoms with Crippen LogP contribution in [0.3, 0.4) is 0 Å². The number of amides is 1. The summed E-state index contributed by atoms with van der Waals surface area (Å²) in [6, 6.07) is 11.7. The molecule has 0 aliphatic rings. The number of carbonyl (C=O) groups excluding carboxylic acids is 1. The molecule has 1 amide bonds. The summed E-state index contributed by atoms with van der Waals surface area (Å²) >= 11 is 0. The van der Waals surface area contributed by atoms with Crippen LogP contribution in [0.1, 0.15) is 27.3 Å². The summed E-state index contributed by atoms with van der Waals surface area (Å²) in [7, 11) is 0. The monoisotopic (exact) mass is 306 g/mol. The van der Waals surface area contributed by atoms with Crippen molar-refractivity contribution in [2.45, 2.75) is 20.8 Å². The predicted molar refractivity (Wildman–Crippen MR) is 89.5 cm³/mol. The number of primary amides is 1. The van der Waals surface area contributed by atoms with Gasteiger partial charge in [-0.05, 0) is 50.6 Å². The highest BCUT2D eigenvalue weighted by Gasteiger charge is 2.12. The third kappa shape index (κ3) is 2.85. The molecule has 0 aliphatic carbocycles. The van der Waals surface area contributed by atoms with Gasteiger partial charge in [-0.15, -0.1) is 0 Å². The van der Waals surface area contributed by atoms with Crippen molar-refractivity contribution in [3.63, 3.8) is 0 Å². The zero-order chi connectivity index (χ0) is 16.6. The highest BCUT2D eigenvalue weighted by molar-refractivity contribution is 5.92. The Balaban J connectivity index is 2.16. The molecule has 0 fully saturated rings. The van der Waals surface area contributed by atoms with E-state index in [0.29, 0.717) is 5.56 Å². The Kier molecular flexibility index (Phi) is 3.70. The summed E-state index contributed by atoms with van der Waals surface area (Å²) in [5.41, 5.74) is 11.5. The molecule has 2 heterocycles. The summed E-state index contributed by atoms with van der Waals surface area (Å²) in [6.45, 7) is 6.04. The molecule has 2 N–H and O–H groups in total. The maximum atomic E-state index is 11.2. The fraction of sp³-hybridized carbons (Fsp3) is 0.167. The highest BCUT2D eigenvalue weighted by atomic mass is 16.1.